The molecule has 2 saturated heterocycles. The van der Waals surface area contributed by atoms with Crippen LogP contribution in [-0.2, 0) is 14.3 Å². The number of nitrogens with one attached hydrogen (secondary N) is 1. The first-order chi connectivity index (χ1) is 8.88. The highest BCUT2D eigenvalue weighted by Gasteiger charge is 2.44. The smallest absolute Gasteiger partial charge is 0.309 e. The van der Waals surface area contributed by atoms with E-state index in [0.29, 0.717) is 5.92 Å². The topological polar surface area (TPSA) is 55.4 Å². The van der Waals surface area contributed by atoms with E-state index in [1.807, 2.05) is 33.8 Å². The molecule has 2 aliphatic heterocycles. The van der Waals surface area contributed by atoms with Crippen molar-refractivity contribution in [2.24, 2.45) is 17.8 Å². The largest absolute Gasteiger partial charge is 0.460 e. The lowest BCUT2D eigenvalue weighted by molar-refractivity contribution is -0.146. The average Bonchev–Trinajstić information content (AvgIpc) is 2.83. The van der Waals surface area contributed by atoms with Crippen molar-refractivity contribution < 1.29 is 14.3 Å². The summed E-state index contributed by atoms with van der Waals surface area (Å²) in [5.41, 5.74) is 1.14. The summed E-state index contributed by atoms with van der Waals surface area (Å²) in [7, 11) is 0. The van der Waals surface area contributed by atoms with Crippen LogP contribution in [0.15, 0.2) is 11.6 Å². The van der Waals surface area contributed by atoms with Gasteiger partial charge in [-0.15, -0.1) is 0 Å². The van der Waals surface area contributed by atoms with Gasteiger partial charge in [-0.2, -0.15) is 0 Å². The molecule has 0 bridgehead atoms. The van der Waals surface area contributed by atoms with Crippen LogP contribution in [0, 0.1) is 17.8 Å². The first kappa shape index (κ1) is 14.1. The van der Waals surface area contributed by atoms with Crippen molar-refractivity contribution in [1.82, 2.24) is 5.32 Å². The molecule has 19 heavy (non-hydrogen) atoms. The van der Waals surface area contributed by atoms with Crippen LogP contribution in [-0.4, -0.2) is 24.0 Å². The third-order valence-corrected chi connectivity index (χ3v) is 4.02. The van der Waals surface area contributed by atoms with Gasteiger partial charge in [0.1, 0.15) is 6.10 Å². The Labute approximate surface area is 114 Å². The Morgan fingerprint density at radius 2 is 2.00 bits per heavy atom. The normalized spacial score (nSPS) is 34.4. The highest BCUT2D eigenvalue weighted by molar-refractivity contribution is 5.83. The molecule has 4 heteroatoms. The molecule has 4 nitrogen and oxygen atoms in total. The number of ether oxygens (including phenoxy) is 1. The molecule has 0 aromatic heterocycles. The van der Waals surface area contributed by atoms with E-state index in [1.54, 1.807) is 0 Å². The Kier molecular flexibility index (Phi) is 3.97. The fourth-order valence-electron chi connectivity index (χ4n) is 2.94. The molecular weight excluding hydrogens is 242 g/mol. The van der Waals surface area contributed by atoms with Gasteiger partial charge in [-0.25, -0.2) is 0 Å². The van der Waals surface area contributed by atoms with E-state index >= 15 is 0 Å². The van der Waals surface area contributed by atoms with Crippen LogP contribution in [0.1, 0.15) is 40.5 Å². The molecule has 0 spiro atoms. The van der Waals surface area contributed by atoms with Gasteiger partial charge >= 0.3 is 5.97 Å². The van der Waals surface area contributed by atoms with Crippen molar-refractivity contribution in [1.29, 1.82) is 0 Å². The summed E-state index contributed by atoms with van der Waals surface area (Å²) in [6, 6.07) is -0.0270. The summed E-state index contributed by atoms with van der Waals surface area (Å²) >= 11 is 0. The molecule has 106 valence electrons. The molecule has 0 aliphatic carbocycles. The van der Waals surface area contributed by atoms with Crippen LogP contribution in [0.2, 0.25) is 0 Å². The summed E-state index contributed by atoms with van der Waals surface area (Å²) in [5, 5.41) is 2.97. The Morgan fingerprint density at radius 3 is 2.53 bits per heavy atom. The minimum atomic E-state index is -0.153. The lowest BCUT2D eigenvalue weighted by Gasteiger charge is -2.17. The number of carbonyl (C=O) groups excluding carboxylic acids is 2. The number of allylic oxidation sites excluding steroid dienone is 1. The minimum absolute atomic E-state index is 0.0237. The van der Waals surface area contributed by atoms with Gasteiger partial charge in [0.15, 0.2) is 0 Å². The average molecular weight is 265 g/mol. The monoisotopic (exact) mass is 265 g/mol. The maximum Gasteiger partial charge on any atom is 0.309 e. The second-order valence-corrected chi connectivity index (χ2v) is 6.26. The third kappa shape index (κ3) is 2.99. The lowest BCUT2D eigenvalue weighted by atomic mass is 9.90. The zero-order valence-corrected chi connectivity index (χ0v) is 12.1. The Balaban J connectivity index is 2.00. The number of hydrogen-bond acceptors (Lipinski definition) is 3. The van der Waals surface area contributed by atoms with Crippen molar-refractivity contribution in [3.8, 4) is 0 Å². The molecule has 2 fully saturated rings. The maximum absolute atomic E-state index is 11.9. The molecule has 4 unspecified atom stereocenters. The maximum atomic E-state index is 11.9. The summed E-state index contributed by atoms with van der Waals surface area (Å²) < 4.78 is 5.45. The van der Waals surface area contributed by atoms with Gasteiger partial charge < -0.3 is 10.1 Å². The number of carbonyl (C=O) groups is 2. The van der Waals surface area contributed by atoms with E-state index in [1.165, 1.54) is 0 Å². The van der Waals surface area contributed by atoms with Crippen molar-refractivity contribution >= 4 is 11.9 Å². The van der Waals surface area contributed by atoms with Gasteiger partial charge in [0.2, 0.25) is 5.91 Å². The van der Waals surface area contributed by atoms with E-state index in [-0.39, 0.29) is 35.9 Å². The van der Waals surface area contributed by atoms with Crippen LogP contribution in [0.25, 0.3) is 0 Å². The van der Waals surface area contributed by atoms with Crippen LogP contribution in [0.5, 0.6) is 0 Å². The molecule has 0 aromatic carbocycles. The summed E-state index contributed by atoms with van der Waals surface area (Å²) in [6.07, 6.45) is 3.29. The molecule has 1 amide bonds. The number of amides is 1. The predicted molar refractivity (Wildman–Crippen MR) is 72.3 cm³/mol. The van der Waals surface area contributed by atoms with Gasteiger partial charge in [0.05, 0.1) is 17.9 Å². The molecular formula is C15H23NO3. The number of rotatable bonds is 3. The fourth-order valence-corrected chi connectivity index (χ4v) is 2.94. The Bertz CT molecular complexity index is 410. The van der Waals surface area contributed by atoms with Crippen molar-refractivity contribution in [3.63, 3.8) is 0 Å². The second-order valence-electron chi connectivity index (χ2n) is 6.26. The molecule has 4 atom stereocenters. The molecule has 0 radical (unpaired) electrons. The van der Waals surface area contributed by atoms with Crippen molar-refractivity contribution in [2.75, 3.05) is 0 Å². The Morgan fingerprint density at radius 1 is 1.32 bits per heavy atom. The Hall–Kier alpha value is -1.32. The van der Waals surface area contributed by atoms with Crippen molar-refractivity contribution in [3.05, 3.63) is 11.6 Å². The number of hydrogen-bond donors (Lipinski definition) is 1. The summed E-state index contributed by atoms with van der Waals surface area (Å²) in [6.45, 7) is 8.05. The first-order valence-corrected chi connectivity index (χ1v) is 7.04. The fraction of sp³-hybridized carbons (Fsp3) is 0.733. The first-order valence-electron chi connectivity index (χ1n) is 7.04. The van der Waals surface area contributed by atoms with Crippen LogP contribution in [0.3, 0.4) is 0 Å². The van der Waals surface area contributed by atoms with Crippen LogP contribution >= 0.6 is 0 Å². The van der Waals surface area contributed by atoms with E-state index in [9.17, 15) is 9.59 Å². The zero-order chi connectivity index (χ0) is 14.2. The predicted octanol–water partition coefficient (Wildman–Crippen LogP) is 2.04. The van der Waals surface area contributed by atoms with E-state index in [2.05, 4.69) is 5.32 Å². The third-order valence-electron chi connectivity index (χ3n) is 4.02. The van der Waals surface area contributed by atoms with Crippen LogP contribution < -0.4 is 5.32 Å². The van der Waals surface area contributed by atoms with Gasteiger partial charge in [-0.3, -0.25) is 9.59 Å². The van der Waals surface area contributed by atoms with E-state index < -0.39 is 0 Å². The SMILES string of the molecule is CC(C)=CC1CC(C2CC(C(C)C)C(=O)O2)NC1=O. The second kappa shape index (κ2) is 5.35. The lowest BCUT2D eigenvalue weighted by Crippen LogP contribution is -2.36. The molecule has 0 saturated carbocycles. The molecule has 2 heterocycles. The van der Waals surface area contributed by atoms with Gasteiger partial charge in [-0.1, -0.05) is 25.5 Å². The zero-order valence-electron chi connectivity index (χ0n) is 12.1. The molecule has 2 aliphatic rings. The van der Waals surface area contributed by atoms with Crippen molar-refractivity contribution in [2.45, 2.75) is 52.7 Å². The standard InChI is InChI=1S/C15H23NO3/c1-8(2)5-10-6-12(16-14(10)17)13-7-11(9(3)4)15(18)19-13/h5,9-13H,6-7H2,1-4H3,(H,16,17). The molecule has 1 N–H and O–H groups in total. The van der Waals surface area contributed by atoms with Gasteiger partial charge in [0.25, 0.3) is 0 Å². The van der Waals surface area contributed by atoms with Crippen LogP contribution in [0.4, 0.5) is 0 Å². The summed E-state index contributed by atoms with van der Waals surface area (Å²) in [5.74, 6) is 0.134. The summed E-state index contributed by atoms with van der Waals surface area (Å²) in [4.78, 5) is 23.7. The van der Waals surface area contributed by atoms with E-state index in [0.717, 1.165) is 18.4 Å². The minimum Gasteiger partial charge on any atom is -0.460 e. The molecule has 2 rings (SSSR count). The highest BCUT2D eigenvalue weighted by Crippen LogP contribution is 2.33. The highest BCUT2D eigenvalue weighted by atomic mass is 16.6. The molecule has 0 aromatic rings. The van der Waals surface area contributed by atoms with Gasteiger partial charge in [0, 0.05) is 0 Å². The van der Waals surface area contributed by atoms with E-state index in [4.69, 9.17) is 4.74 Å². The quantitative estimate of drug-likeness (QED) is 0.627. The number of esters is 1. The van der Waals surface area contributed by atoms with Gasteiger partial charge in [-0.05, 0) is 32.6 Å². The number of cyclic esters (lactones) is 1.